The Labute approximate surface area is 117 Å². The summed E-state index contributed by atoms with van der Waals surface area (Å²) in [6, 6.07) is 7.05. The average molecular weight is 288 g/mol. The molecule has 2 heterocycles. The smallest absolute Gasteiger partial charge is 0.323 e. The minimum atomic E-state index is -0.271. The van der Waals surface area contributed by atoms with Gasteiger partial charge in [-0.15, -0.1) is 0 Å². The van der Waals surface area contributed by atoms with Gasteiger partial charge in [-0.25, -0.2) is 9.78 Å². The van der Waals surface area contributed by atoms with Gasteiger partial charge in [0.25, 0.3) is 6.47 Å². The zero-order chi connectivity index (χ0) is 15.4. The predicted molar refractivity (Wildman–Crippen MR) is 77.5 cm³/mol. The highest BCUT2D eigenvalue weighted by Gasteiger charge is 2.09. The van der Waals surface area contributed by atoms with Crippen molar-refractivity contribution in [3.63, 3.8) is 0 Å². The Kier molecular flexibility index (Phi) is 3.84. The first-order valence-electron chi connectivity index (χ1n) is 5.74. The summed E-state index contributed by atoms with van der Waals surface area (Å²) in [7, 11) is 0. The van der Waals surface area contributed by atoms with Gasteiger partial charge < -0.3 is 26.5 Å². The lowest BCUT2D eigenvalue weighted by molar-refractivity contribution is -0.122. The molecule has 0 radical (unpaired) electrons. The molecule has 0 aliphatic carbocycles. The summed E-state index contributed by atoms with van der Waals surface area (Å²) >= 11 is 0. The molecule has 0 atom stereocenters. The van der Waals surface area contributed by atoms with Crippen LogP contribution in [0.2, 0.25) is 0 Å². The average Bonchev–Trinajstić information content (AvgIpc) is 2.78. The van der Waals surface area contributed by atoms with Gasteiger partial charge in [-0.3, -0.25) is 4.79 Å². The van der Waals surface area contributed by atoms with E-state index in [2.05, 4.69) is 19.9 Å². The van der Waals surface area contributed by atoms with Crippen molar-refractivity contribution in [2.75, 3.05) is 11.5 Å². The van der Waals surface area contributed by atoms with E-state index in [-0.39, 0.29) is 23.9 Å². The van der Waals surface area contributed by atoms with Gasteiger partial charge in [0.15, 0.2) is 0 Å². The molecule has 0 bridgehead atoms. The van der Waals surface area contributed by atoms with Crippen LogP contribution in [-0.4, -0.2) is 31.5 Å². The van der Waals surface area contributed by atoms with Crippen molar-refractivity contribution in [1.82, 2.24) is 19.9 Å². The molecule has 21 heavy (non-hydrogen) atoms. The molecular formula is C12H12N6O3. The minimum Gasteiger partial charge on any atom is -0.483 e. The van der Waals surface area contributed by atoms with Gasteiger partial charge in [0.05, 0.1) is 16.7 Å². The van der Waals surface area contributed by atoms with E-state index in [1.165, 1.54) is 0 Å². The Balaban J connectivity index is 0.000000497. The SMILES string of the molecule is Nc1cc(-c2cccc3[nH]c(=O)[nH]c23)nc(N)n1.O=CO. The number of carboxylic acid groups (broad SMARTS) is 1. The number of carbonyl (C=O) groups is 1. The molecule has 0 saturated carbocycles. The monoisotopic (exact) mass is 288 g/mol. The Morgan fingerprint density at radius 1 is 1.19 bits per heavy atom. The third-order valence-electron chi connectivity index (χ3n) is 2.59. The number of fused-ring (bicyclic) bond motifs is 1. The van der Waals surface area contributed by atoms with Crippen molar-refractivity contribution >= 4 is 29.3 Å². The molecule has 0 saturated heterocycles. The zero-order valence-corrected chi connectivity index (χ0v) is 10.7. The molecule has 1 aromatic carbocycles. The summed E-state index contributed by atoms with van der Waals surface area (Å²) in [5.41, 5.74) is 13.6. The van der Waals surface area contributed by atoms with Crippen molar-refractivity contribution in [3.8, 4) is 11.3 Å². The van der Waals surface area contributed by atoms with E-state index in [0.717, 1.165) is 5.56 Å². The number of hydrogen-bond donors (Lipinski definition) is 5. The Bertz CT molecular complexity index is 818. The zero-order valence-electron chi connectivity index (χ0n) is 10.7. The second-order valence-corrected chi connectivity index (χ2v) is 3.95. The summed E-state index contributed by atoms with van der Waals surface area (Å²) < 4.78 is 0. The number of para-hydroxylation sites is 1. The van der Waals surface area contributed by atoms with Crippen molar-refractivity contribution in [3.05, 3.63) is 34.7 Å². The van der Waals surface area contributed by atoms with Crippen LogP contribution in [0.5, 0.6) is 0 Å². The summed E-state index contributed by atoms with van der Waals surface area (Å²) in [5.74, 6) is 0.382. The van der Waals surface area contributed by atoms with Gasteiger partial charge >= 0.3 is 5.69 Å². The first-order chi connectivity index (χ1) is 10.0. The summed E-state index contributed by atoms with van der Waals surface area (Å²) in [4.78, 5) is 33.0. The van der Waals surface area contributed by atoms with Crippen LogP contribution < -0.4 is 17.2 Å². The van der Waals surface area contributed by atoms with E-state index in [4.69, 9.17) is 21.4 Å². The van der Waals surface area contributed by atoms with Gasteiger partial charge in [0.2, 0.25) is 5.95 Å². The number of nitrogens with zero attached hydrogens (tertiary/aromatic N) is 2. The molecule has 3 aromatic rings. The Hall–Kier alpha value is -3.36. The number of hydrogen-bond acceptors (Lipinski definition) is 6. The molecular weight excluding hydrogens is 276 g/mol. The van der Waals surface area contributed by atoms with Crippen molar-refractivity contribution in [2.24, 2.45) is 0 Å². The Morgan fingerprint density at radius 2 is 1.90 bits per heavy atom. The largest absolute Gasteiger partial charge is 0.483 e. The fraction of sp³-hybridized carbons (Fsp3) is 0. The highest BCUT2D eigenvalue weighted by molar-refractivity contribution is 5.90. The maximum absolute atomic E-state index is 11.3. The fourth-order valence-corrected chi connectivity index (χ4v) is 1.89. The van der Waals surface area contributed by atoms with Crippen LogP contribution in [0, 0.1) is 0 Å². The number of nitrogen functional groups attached to an aromatic ring is 2. The number of anilines is 2. The molecule has 108 valence electrons. The van der Waals surface area contributed by atoms with Crippen LogP contribution in [0.1, 0.15) is 0 Å². The minimum absolute atomic E-state index is 0.0971. The normalized spacial score (nSPS) is 9.90. The quantitative estimate of drug-likeness (QED) is 0.398. The maximum Gasteiger partial charge on any atom is 0.323 e. The van der Waals surface area contributed by atoms with Crippen LogP contribution in [-0.2, 0) is 4.79 Å². The molecule has 0 fully saturated rings. The van der Waals surface area contributed by atoms with E-state index in [9.17, 15) is 4.79 Å². The number of rotatable bonds is 1. The molecule has 3 rings (SSSR count). The van der Waals surface area contributed by atoms with Gasteiger partial charge in [0, 0.05) is 11.6 Å². The molecule has 0 spiro atoms. The third-order valence-corrected chi connectivity index (χ3v) is 2.59. The lowest BCUT2D eigenvalue weighted by atomic mass is 10.1. The topological polar surface area (TPSA) is 164 Å². The maximum atomic E-state index is 11.3. The number of nitrogens with one attached hydrogen (secondary N) is 2. The summed E-state index contributed by atoms with van der Waals surface area (Å²) in [6.45, 7) is -0.250. The third kappa shape index (κ3) is 2.97. The van der Waals surface area contributed by atoms with Crippen molar-refractivity contribution in [1.29, 1.82) is 0 Å². The fourth-order valence-electron chi connectivity index (χ4n) is 1.89. The molecule has 0 amide bonds. The van der Waals surface area contributed by atoms with Crippen LogP contribution >= 0.6 is 0 Å². The predicted octanol–water partition coefficient (Wildman–Crippen LogP) is 0.178. The lowest BCUT2D eigenvalue weighted by Gasteiger charge is -2.04. The second-order valence-electron chi connectivity index (χ2n) is 3.95. The number of aromatic amines is 2. The van der Waals surface area contributed by atoms with Crippen LogP contribution in [0.3, 0.4) is 0 Å². The number of aromatic nitrogens is 4. The van der Waals surface area contributed by atoms with Crippen LogP contribution in [0.25, 0.3) is 22.3 Å². The first-order valence-corrected chi connectivity index (χ1v) is 5.74. The number of nitrogens with two attached hydrogens (primary N) is 2. The molecule has 0 aliphatic heterocycles. The van der Waals surface area contributed by atoms with Gasteiger partial charge in [0.1, 0.15) is 5.82 Å². The molecule has 7 N–H and O–H groups in total. The van der Waals surface area contributed by atoms with E-state index in [1.54, 1.807) is 12.1 Å². The standard InChI is InChI=1S/C11H10N6O.CH2O2/c12-8-4-7(14-10(13)16-8)5-2-1-3-6-9(5)17-11(18)15-6;2-1-3/h1-4H,(H2,15,17,18)(H4,12,13,14,16);1H,(H,2,3). The molecule has 2 aromatic heterocycles. The molecule has 0 unspecified atom stereocenters. The molecule has 9 heteroatoms. The lowest BCUT2D eigenvalue weighted by Crippen LogP contribution is -2.01. The van der Waals surface area contributed by atoms with Gasteiger partial charge in [-0.1, -0.05) is 12.1 Å². The van der Waals surface area contributed by atoms with Gasteiger partial charge in [-0.2, -0.15) is 4.98 Å². The van der Waals surface area contributed by atoms with E-state index < -0.39 is 0 Å². The first kappa shape index (κ1) is 14.1. The summed E-state index contributed by atoms with van der Waals surface area (Å²) in [5, 5.41) is 6.89. The van der Waals surface area contributed by atoms with E-state index in [1.807, 2.05) is 12.1 Å². The van der Waals surface area contributed by atoms with Gasteiger partial charge in [-0.05, 0) is 6.07 Å². The van der Waals surface area contributed by atoms with Crippen molar-refractivity contribution < 1.29 is 9.90 Å². The second kappa shape index (κ2) is 5.74. The van der Waals surface area contributed by atoms with E-state index in [0.29, 0.717) is 16.7 Å². The Morgan fingerprint density at radius 3 is 2.57 bits per heavy atom. The summed E-state index contributed by atoms with van der Waals surface area (Å²) in [6.07, 6.45) is 0. The van der Waals surface area contributed by atoms with Crippen LogP contribution in [0.15, 0.2) is 29.1 Å². The number of benzene rings is 1. The van der Waals surface area contributed by atoms with Crippen molar-refractivity contribution in [2.45, 2.75) is 0 Å². The van der Waals surface area contributed by atoms with E-state index >= 15 is 0 Å². The molecule has 0 aliphatic rings. The molecule has 9 nitrogen and oxygen atoms in total. The van der Waals surface area contributed by atoms with Crippen LogP contribution in [0.4, 0.5) is 11.8 Å². The highest BCUT2D eigenvalue weighted by Crippen LogP contribution is 2.25. The number of imidazole rings is 1. The number of H-pyrrole nitrogens is 2. The highest BCUT2D eigenvalue weighted by atomic mass is 16.3.